The van der Waals surface area contributed by atoms with E-state index in [-0.39, 0.29) is 0 Å². The van der Waals surface area contributed by atoms with Gasteiger partial charge in [0.05, 0.1) is 13.2 Å². The Morgan fingerprint density at radius 1 is 0.667 bits per heavy atom. The van der Waals surface area contributed by atoms with E-state index in [9.17, 15) is 0 Å². The molecule has 0 atom stereocenters. The summed E-state index contributed by atoms with van der Waals surface area (Å²) in [4.78, 5) is 0. The minimum atomic E-state index is 0.414. The molecule has 3 aromatic carbocycles. The number of benzene rings is 3. The van der Waals surface area contributed by atoms with Gasteiger partial charge in [0.25, 0.3) is 0 Å². The summed E-state index contributed by atoms with van der Waals surface area (Å²) in [7, 11) is 0. The maximum atomic E-state index is 5.73. The third-order valence-corrected chi connectivity index (χ3v) is 4.57. The van der Waals surface area contributed by atoms with Gasteiger partial charge in [0.15, 0.2) is 0 Å². The minimum absolute atomic E-state index is 0.414. The second-order valence-electron chi connectivity index (χ2n) is 6.57. The lowest BCUT2D eigenvalue weighted by molar-refractivity contribution is 0.153. The molecule has 0 radical (unpaired) electrons. The molecule has 0 aliphatic rings. The van der Waals surface area contributed by atoms with Crippen LogP contribution in [0, 0.1) is 35.5 Å². The van der Waals surface area contributed by atoms with E-state index in [1.165, 1.54) is 0 Å². The first kappa shape index (κ1) is 21.2. The zero-order chi connectivity index (χ0) is 21.0. The highest BCUT2D eigenvalue weighted by Gasteiger charge is 2.06. The lowest BCUT2D eigenvalue weighted by atomic mass is 9.99. The van der Waals surface area contributed by atoms with Gasteiger partial charge < -0.3 is 9.47 Å². The molecule has 0 unspecified atom stereocenters. The molecule has 0 N–H and O–H groups in total. The molecule has 0 fully saturated rings. The molecule has 30 heavy (non-hydrogen) atoms. The van der Waals surface area contributed by atoms with Crippen LogP contribution in [0.1, 0.15) is 36.1 Å². The Labute approximate surface area is 179 Å². The zero-order valence-electron chi connectivity index (χ0n) is 17.4. The molecule has 0 bridgehead atoms. The Hall–Kier alpha value is -3.48. The number of hydrogen-bond donors (Lipinski definition) is 0. The van der Waals surface area contributed by atoms with Gasteiger partial charge in [-0.3, -0.25) is 0 Å². The summed E-state index contributed by atoms with van der Waals surface area (Å²) in [5.74, 6) is 18.3. The van der Waals surface area contributed by atoms with E-state index in [2.05, 4.69) is 59.8 Å². The standard InChI is InChI=1S/C28H24O2/c1-3-5-19-29-21-25-13-8-7-11-23(25)17-18-28-26(22-30-20-6-4-2)16-15-24-12-9-10-14-27(24)28/h7-16H,19-22H2,1-2H3. The molecule has 2 heteroatoms. The molecular formula is C28H24O2. The van der Waals surface area contributed by atoms with Gasteiger partial charge in [-0.05, 0) is 41.8 Å². The van der Waals surface area contributed by atoms with E-state index in [4.69, 9.17) is 9.47 Å². The highest BCUT2D eigenvalue weighted by Crippen LogP contribution is 2.23. The maximum absolute atomic E-state index is 5.73. The molecule has 3 rings (SSSR count). The average Bonchev–Trinajstić information content (AvgIpc) is 2.79. The largest absolute Gasteiger partial charge is 0.364 e. The molecule has 0 spiro atoms. The van der Waals surface area contributed by atoms with Gasteiger partial charge in [-0.25, -0.2) is 0 Å². The van der Waals surface area contributed by atoms with Crippen molar-refractivity contribution >= 4 is 10.8 Å². The summed E-state index contributed by atoms with van der Waals surface area (Å²) in [6, 6.07) is 20.5. The quantitative estimate of drug-likeness (QED) is 0.418. The van der Waals surface area contributed by atoms with Crippen LogP contribution in [0.15, 0.2) is 60.7 Å². The smallest absolute Gasteiger partial charge is 0.108 e. The monoisotopic (exact) mass is 392 g/mol. The van der Waals surface area contributed by atoms with Gasteiger partial charge in [0.2, 0.25) is 0 Å². The summed E-state index contributed by atoms with van der Waals surface area (Å²) >= 11 is 0. The molecule has 2 nitrogen and oxygen atoms in total. The molecule has 0 aromatic heterocycles. The highest BCUT2D eigenvalue weighted by molar-refractivity contribution is 5.89. The van der Waals surface area contributed by atoms with Crippen molar-refractivity contribution in [2.75, 3.05) is 13.2 Å². The van der Waals surface area contributed by atoms with Crippen LogP contribution in [-0.4, -0.2) is 13.2 Å². The van der Waals surface area contributed by atoms with Crippen LogP contribution in [0.4, 0.5) is 0 Å². The third kappa shape index (κ3) is 5.76. The first-order chi connectivity index (χ1) is 14.8. The lowest BCUT2D eigenvalue weighted by Crippen LogP contribution is -1.98. The fourth-order valence-corrected chi connectivity index (χ4v) is 3.05. The van der Waals surface area contributed by atoms with Crippen molar-refractivity contribution in [1.29, 1.82) is 0 Å². The van der Waals surface area contributed by atoms with Crippen molar-refractivity contribution in [3.63, 3.8) is 0 Å². The summed E-state index contributed by atoms with van der Waals surface area (Å²) < 4.78 is 11.4. The molecule has 0 saturated heterocycles. The van der Waals surface area contributed by atoms with Crippen LogP contribution in [-0.2, 0) is 22.7 Å². The van der Waals surface area contributed by atoms with E-state index in [1.807, 2.05) is 50.2 Å². The lowest BCUT2D eigenvalue weighted by Gasteiger charge is -2.09. The topological polar surface area (TPSA) is 18.5 Å². The Kier molecular flexibility index (Phi) is 8.14. The summed E-state index contributed by atoms with van der Waals surface area (Å²) in [6.07, 6.45) is 0. The summed E-state index contributed by atoms with van der Waals surface area (Å²) in [6.45, 7) is 5.42. The van der Waals surface area contributed by atoms with E-state index in [0.29, 0.717) is 26.4 Å². The highest BCUT2D eigenvalue weighted by atomic mass is 16.5. The summed E-state index contributed by atoms with van der Waals surface area (Å²) in [5, 5.41) is 2.29. The predicted molar refractivity (Wildman–Crippen MR) is 123 cm³/mol. The van der Waals surface area contributed by atoms with Crippen LogP contribution >= 0.6 is 0 Å². The van der Waals surface area contributed by atoms with Crippen LogP contribution in [0.3, 0.4) is 0 Å². The number of fused-ring (bicyclic) bond motifs is 1. The Bertz CT molecular complexity index is 1190. The van der Waals surface area contributed by atoms with E-state index in [1.54, 1.807) is 0 Å². The van der Waals surface area contributed by atoms with E-state index < -0.39 is 0 Å². The first-order valence-electron chi connectivity index (χ1n) is 9.88. The van der Waals surface area contributed by atoms with Crippen molar-refractivity contribution in [3.8, 4) is 35.5 Å². The van der Waals surface area contributed by atoms with Gasteiger partial charge in [-0.2, -0.15) is 0 Å². The molecule has 0 aliphatic carbocycles. The van der Waals surface area contributed by atoms with E-state index in [0.717, 1.165) is 33.0 Å². The molecule has 0 aliphatic heterocycles. The Balaban J connectivity index is 1.94. The van der Waals surface area contributed by atoms with Crippen LogP contribution in [0.2, 0.25) is 0 Å². The second-order valence-corrected chi connectivity index (χ2v) is 6.57. The predicted octanol–water partition coefficient (Wildman–Crippen LogP) is 5.32. The molecule has 3 aromatic rings. The third-order valence-electron chi connectivity index (χ3n) is 4.57. The van der Waals surface area contributed by atoms with Gasteiger partial charge in [-0.15, -0.1) is 11.8 Å². The Morgan fingerprint density at radius 2 is 1.33 bits per heavy atom. The van der Waals surface area contributed by atoms with Crippen LogP contribution < -0.4 is 0 Å². The summed E-state index contributed by atoms with van der Waals surface area (Å²) in [5.41, 5.74) is 4.06. The molecule has 148 valence electrons. The maximum Gasteiger partial charge on any atom is 0.108 e. The second kappa shape index (κ2) is 11.5. The average molecular weight is 392 g/mol. The number of hydrogen-bond acceptors (Lipinski definition) is 2. The van der Waals surface area contributed by atoms with Crippen molar-refractivity contribution < 1.29 is 9.47 Å². The van der Waals surface area contributed by atoms with Crippen LogP contribution in [0.25, 0.3) is 10.8 Å². The van der Waals surface area contributed by atoms with Crippen LogP contribution in [0.5, 0.6) is 0 Å². The molecule has 0 amide bonds. The van der Waals surface area contributed by atoms with E-state index >= 15 is 0 Å². The normalized spacial score (nSPS) is 9.67. The Morgan fingerprint density at radius 3 is 2.10 bits per heavy atom. The van der Waals surface area contributed by atoms with Gasteiger partial charge in [-0.1, -0.05) is 78.3 Å². The van der Waals surface area contributed by atoms with Gasteiger partial charge in [0.1, 0.15) is 13.2 Å². The number of rotatable bonds is 6. The van der Waals surface area contributed by atoms with Gasteiger partial charge in [0, 0.05) is 11.1 Å². The fourth-order valence-electron chi connectivity index (χ4n) is 3.05. The number of ether oxygens (including phenoxy) is 2. The zero-order valence-corrected chi connectivity index (χ0v) is 17.4. The first-order valence-corrected chi connectivity index (χ1v) is 9.88. The molecule has 0 saturated carbocycles. The molecular weight excluding hydrogens is 368 g/mol. The fraction of sp³-hybridized carbons (Fsp3) is 0.214. The van der Waals surface area contributed by atoms with Crippen molar-refractivity contribution in [2.24, 2.45) is 0 Å². The van der Waals surface area contributed by atoms with Crippen molar-refractivity contribution in [2.45, 2.75) is 27.1 Å². The van der Waals surface area contributed by atoms with Crippen molar-refractivity contribution in [3.05, 3.63) is 82.9 Å². The van der Waals surface area contributed by atoms with Crippen molar-refractivity contribution in [1.82, 2.24) is 0 Å². The minimum Gasteiger partial charge on any atom is -0.364 e. The van der Waals surface area contributed by atoms with Gasteiger partial charge >= 0.3 is 0 Å². The molecule has 0 heterocycles. The SMILES string of the molecule is CC#CCOCc1ccccc1C#Cc1c(COCC#CC)ccc2ccccc12.